The largest absolute Gasteiger partial charge is 0.369 e. The molecule has 50 heavy (non-hydrogen) atoms. The number of ketones is 1. The number of nitrogens with one attached hydrogen (secondary N) is 2. The van der Waals surface area contributed by atoms with Crippen molar-refractivity contribution in [2.75, 3.05) is 5.32 Å². The van der Waals surface area contributed by atoms with Crippen LogP contribution in [-0.4, -0.2) is 52.6 Å². The zero-order valence-electron chi connectivity index (χ0n) is 29.2. The predicted octanol–water partition coefficient (Wildman–Crippen LogP) is 1.93. The van der Waals surface area contributed by atoms with Gasteiger partial charge in [0.1, 0.15) is 0 Å². The van der Waals surface area contributed by atoms with Gasteiger partial charge in [-0.25, -0.2) is 0 Å². The Balaban J connectivity index is 1.84. The summed E-state index contributed by atoms with van der Waals surface area (Å²) in [5.74, 6) is -1.09. The minimum absolute atomic E-state index is 0.0765. The Hall–Kier alpha value is -5.87. The maximum atomic E-state index is 12.8. The number of unbranched alkanes of at least 4 members (excludes halogenated alkanes) is 5. The number of carbonyl (C=O) groups is 3. The van der Waals surface area contributed by atoms with Crippen LogP contribution in [0, 0.1) is 5.92 Å². The zero-order valence-corrected chi connectivity index (χ0v) is 29.2. The molecule has 0 heterocycles. The maximum absolute atomic E-state index is 12.8. The van der Waals surface area contributed by atoms with Gasteiger partial charge in [0.15, 0.2) is 5.78 Å². The molecule has 0 bridgehead atoms. The van der Waals surface area contributed by atoms with Gasteiger partial charge in [-0.3, -0.25) is 14.4 Å². The molecule has 17 heteroatoms. The molecule has 1 unspecified atom stereocenters. The van der Waals surface area contributed by atoms with Crippen LogP contribution in [-0.2, 0) is 14.4 Å². The highest BCUT2D eigenvalue weighted by Gasteiger charge is 2.21. The first-order chi connectivity index (χ1) is 23.6. The number of nitrogens with two attached hydrogens (primary N) is 6. The van der Waals surface area contributed by atoms with E-state index in [4.69, 9.17) is 34.4 Å². The fourth-order valence-electron chi connectivity index (χ4n) is 4.83. The minimum atomic E-state index is -0.219. The van der Waals surface area contributed by atoms with Gasteiger partial charge in [0, 0.05) is 47.0 Å². The Morgan fingerprint density at radius 1 is 0.640 bits per heavy atom. The molecule has 1 aromatic carbocycles. The summed E-state index contributed by atoms with van der Waals surface area (Å²) in [6, 6.07) is 5.33. The number of allylic oxidation sites excluding steroid dienone is 3. The molecule has 1 atom stereocenters. The molecular weight excluding hydrogens is 640 g/mol. The van der Waals surface area contributed by atoms with Crippen LogP contribution in [0.4, 0.5) is 5.69 Å². The Bertz CT molecular complexity index is 1590. The number of hydrogen-bond donors (Lipinski definition) is 8. The summed E-state index contributed by atoms with van der Waals surface area (Å²) in [7, 11) is 0. The third-order valence-corrected chi connectivity index (χ3v) is 7.49. The van der Waals surface area contributed by atoms with Gasteiger partial charge in [-0.1, -0.05) is 31.8 Å². The average Bonchev–Trinajstić information content (AvgIpc) is 3.05. The first kappa shape index (κ1) is 40.3. The second kappa shape index (κ2) is 20.5. The summed E-state index contributed by atoms with van der Waals surface area (Å²) >= 11 is 0. The van der Waals surface area contributed by atoms with Crippen molar-refractivity contribution in [3.05, 3.63) is 52.7 Å². The van der Waals surface area contributed by atoms with E-state index in [1.807, 2.05) is 6.08 Å². The molecule has 14 N–H and O–H groups in total. The lowest BCUT2D eigenvalue weighted by molar-refractivity contribution is -0.120. The Labute approximate surface area is 292 Å². The summed E-state index contributed by atoms with van der Waals surface area (Å²) in [5.41, 5.74) is 37.0. The molecule has 0 radical (unpaired) electrons. The highest BCUT2D eigenvalue weighted by atomic mass is 16.2. The Kier molecular flexibility index (Phi) is 16.5. The van der Waals surface area contributed by atoms with Gasteiger partial charge in [-0.15, -0.1) is 15.3 Å². The molecule has 1 aliphatic carbocycles. The van der Waals surface area contributed by atoms with E-state index >= 15 is 0 Å². The quantitative estimate of drug-likeness (QED) is 0.0482. The fraction of sp³-hybridized carbons (Fsp3) is 0.424. The van der Waals surface area contributed by atoms with Crippen LogP contribution in [0.5, 0.6) is 0 Å². The smallest absolute Gasteiger partial charge is 0.224 e. The number of Topliss-reactive ketones (excluding diaryl/α,β-unsaturated/α-hetero) is 1. The molecule has 0 aromatic heterocycles. The number of guanidine groups is 3. The van der Waals surface area contributed by atoms with E-state index in [1.165, 1.54) is 6.92 Å². The number of nitrogens with zero attached hydrogens (tertiary/aromatic N) is 6. The molecule has 2 rings (SSSR count). The van der Waals surface area contributed by atoms with Crippen LogP contribution in [0.25, 0.3) is 0 Å². The molecule has 0 saturated heterocycles. The van der Waals surface area contributed by atoms with Crippen molar-refractivity contribution in [1.29, 1.82) is 0 Å². The Morgan fingerprint density at radius 3 is 1.58 bits per heavy atom. The highest BCUT2D eigenvalue weighted by Crippen LogP contribution is 2.24. The molecule has 1 aromatic rings. The normalized spacial score (nSPS) is 14.9. The van der Waals surface area contributed by atoms with Gasteiger partial charge in [0.25, 0.3) is 0 Å². The lowest BCUT2D eigenvalue weighted by Crippen LogP contribution is -2.26. The van der Waals surface area contributed by atoms with E-state index < -0.39 is 0 Å². The molecule has 2 amide bonds. The van der Waals surface area contributed by atoms with Gasteiger partial charge in [0.2, 0.25) is 29.7 Å². The third-order valence-electron chi connectivity index (χ3n) is 7.49. The summed E-state index contributed by atoms with van der Waals surface area (Å²) < 4.78 is 0. The van der Waals surface area contributed by atoms with Crippen LogP contribution in [0.1, 0.15) is 96.6 Å². The second-order valence-corrected chi connectivity index (χ2v) is 11.9. The topological polar surface area (TPSA) is 306 Å². The summed E-state index contributed by atoms with van der Waals surface area (Å²) in [5, 5.41) is 29.0. The second-order valence-electron chi connectivity index (χ2n) is 11.9. The molecule has 17 nitrogen and oxygen atoms in total. The van der Waals surface area contributed by atoms with Crippen molar-refractivity contribution in [3.63, 3.8) is 0 Å². The van der Waals surface area contributed by atoms with E-state index in [1.54, 1.807) is 45.0 Å². The summed E-state index contributed by atoms with van der Waals surface area (Å²) in [4.78, 5) is 37.5. The van der Waals surface area contributed by atoms with E-state index in [9.17, 15) is 14.4 Å². The van der Waals surface area contributed by atoms with Crippen molar-refractivity contribution in [1.82, 2.24) is 5.32 Å². The molecule has 1 aliphatic rings. The molecule has 0 aliphatic heterocycles. The SMILES string of the molecule is CC(=O)C1=CC(NC(=O)CCCCCCCCC(=O)Nc2cc(/C(C)=N/N=C(N)N)cc(/C(C)=N/N=C(N)N)c2)=CC(/C(C)=N/N=C(N)N)C1. The molecule has 0 fully saturated rings. The van der Waals surface area contributed by atoms with Crippen LogP contribution in [0.15, 0.2) is 72.2 Å². The number of amides is 2. The van der Waals surface area contributed by atoms with E-state index in [2.05, 4.69) is 41.2 Å². The van der Waals surface area contributed by atoms with Gasteiger partial charge in [-0.2, -0.15) is 15.3 Å². The third kappa shape index (κ3) is 15.4. The first-order valence-electron chi connectivity index (χ1n) is 16.2. The maximum Gasteiger partial charge on any atom is 0.224 e. The van der Waals surface area contributed by atoms with Crippen LogP contribution in [0.2, 0.25) is 0 Å². The lowest BCUT2D eigenvalue weighted by atomic mass is 9.88. The van der Waals surface area contributed by atoms with E-state index in [0.717, 1.165) is 25.7 Å². The molecule has 270 valence electrons. The van der Waals surface area contributed by atoms with E-state index in [0.29, 0.717) is 77.3 Å². The predicted molar refractivity (Wildman–Crippen MR) is 200 cm³/mol. The lowest BCUT2D eigenvalue weighted by Gasteiger charge is -2.20. The summed E-state index contributed by atoms with van der Waals surface area (Å²) in [6.07, 6.45) is 9.72. The van der Waals surface area contributed by atoms with Crippen LogP contribution < -0.4 is 45.0 Å². The van der Waals surface area contributed by atoms with Crippen molar-refractivity contribution >= 4 is 58.3 Å². The minimum Gasteiger partial charge on any atom is -0.369 e. The van der Waals surface area contributed by atoms with Crippen LogP contribution in [0.3, 0.4) is 0 Å². The van der Waals surface area contributed by atoms with Crippen molar-refractivity contribution in [2.45, 2.75) is 85.5 Å². The molecule has 0 saturated carbocycles. The molecule has 0 spiro atoms. The highest BCUT2D eigenvalue weighted by molar-refractivity contribution is 6.06. The number of hydrogen-bond acceptors (Lipinski definition) is 9. The number of rotatable bonds is 18. The van der Waals surface area contributed by atoms with Crippen molar-refractivity contribution in [3.8, 4) is 0 Å². The van der Waals surface area contributed by atoms with E-state index in [-0.39, 0.29) is 41.4 Å². The van der Waals surface area contributed by atoms with Crippen molar-refractivity contribution in [2.24, 2.45) is 70.9 Å². The van der Waals surface area contributed by atoms with Crippen LogP contribution >= 0.6 is 0 Å². The van der Waals surface area contributed by atoms with Gasteiger partial charge < -0.3 is 45.0 Å². The van der Waals surface area contributed by atoms with Crippen molar-refractivity contribution < 1.29 is 14.4 Å². The monoisotopic (exact) mass is 690 g/mol. The first-order valence-corrected chi connectivity index (χ1v) is 16.2. The van der Waals surface area contributed by atoms with Gasteiger partial charge in [-0.05, 0) is 76.8 Å². The zero-order chi connectivity index (χ0) is 37.2. The number of benzene rings is 1. The van der Waals surface area contributed by atoms with Gasteiger partial charge >= 0.3 is 0 Å². The fourth-order valence-corrected chi connectivity index (χ4v) is 4.83. The van der Waals surface area contributed by atoms with Gasteiger partial charge in [0.05, 0.1) is 11.4 Å². The average molecular weight is 691 g/mol. The Morgan fingerprint density at radius 2 is 1.10 bits per heavy atom. The number of anilines is 1. The standard InChI is InChI=1S/C33H50N14O3/c1-19(42-45-31(34)35)23-13-24(20(2)43-46-32(36)37)16-27(15-23)40-29(49)11-9-7-5-6-8-10-12-30(50)41-28-17-25(14-26(18-28)22(4)48)21(3)44-47-33(38)39/h13,15-18,25H,5-12,14H2,1-4H3,(H,40,49)(H,41,50)(H4,34,35,45)(H4,36,37,46)(H4,38,39,47)/b42-19+,43-20+,44-21+. The summed E-state index contributed by atoms with van der Waals surface area (Å²) in [6.45, 7) is 6.72. The number of carbonyl (C=O) groups excluding carboxylic acids is 3. The molecular formula is C33H50N14O3.